The fraction of sp³-hybridized carbons (Fsp3) is 0.476. The van der Waals surface area contributed by atoms with Crippen LogP contribution in [-0.4, -0.2) is 40.5 Å². The van der Waals surface area contributed by atoms with E-state index in [9.17, 15) is 18.4 Å². The second kappa shape index (κ2) is 9.23. The average molecular weight is 421 g/mol. The quantitative estimate of drug-likeness (QED) is 0.673. The van der Waals surface area contributed by atoms with Gasteiger partial charge < -0.3 is 19.4 Å². The van der Waals surface area contributed by atoms with Gasteiger partial charge in [-0.15, -0.1) is 0 Å². The van der Waals surface area contributed by atoms with Gasteiger partial charge >= 0.3 is 6.61 Å². The van der Waals surface area contributed by atoms with E-state index in [4.69, 9.17) is 4.74 Å². The first kappa shape index (κ1) is 21.7. The summed E-state index contributed by atoms with van der Waals surface area (Å²) in [7, 11) is 1.37. The lowest BCUT2D eigenvalue weighted by Gasteiger charge is -2.23. The molecule has 1 N–H and O–H groups in total. The van der Waals surface area contributed by atoms with E-state index in [0.717, 1.165) is 18.4 Å². The molecule has 0 aliphatic heterocycles. The van der Waals surface area contributed by atoms with Crippen molar-refractivity contribution in [1.82, 2.24) is 14.9 Å². The summed E-state index contributed by atoms with van der Waals surface area (Å²) < 4.78 is 34.6. The van der Waals surface area contributed by atoms with E-state index in [0.29, 0.717) is 30.0 Å². The minimum absolute atomic E-state index is 0.0536. The molecule has 3 rings (SSSR count). The van der Waals surface area contributed by atoms with Crippen LogP contribution >= 0.6 is 0 Å². The first-order valence-corrected chi connectivity index (χ1v) is 9.76. The molecule has 0 bridgehead atoms. The Morgan fingerprint density at radius 1 is 1.30 bits per heavy atom. The first-order valence-electron chi connectivity index (χ1n) is 9.76. The van der Waals surface area contributed by atoms with Gasteiger partial charge in [0.1, 0.15) is 5.82 Å². The molecule has 1 saturated carbocycles. The summed E-state index contributed by atoms with van der Waals surface area (Å²) in [5, 5.41) is 0. The van der Waals surface area contributed by atoms with Gasteiger partial charge in [0.05, 0.1) is 7.11 Å². The van der Waals surface area contributed by atoms with Crippen molar-refractivity contribution in [2.75, 3.05) is 7.11 Å². The number of aromatic amines is 1. The molecule has 1 amide bonds. The molecule has 162 valence electrons. The number of nitrogens with zero attached hydrogens (tertiary/aromatic N) is 2. The summed E-state index contributed by atoms with van der Waals surface area (Å²) in [4.78, 5) is 33.8. The maximum absolute atomic E-state index is 12.9. The van der Waals surface area contributed by atoms with Gasteiger partial charge in [-0.25, -0.2) is 4.98 Å². The number of halogens is 2. The van der Waals surface area contributed by atoms with Crippen LogP contribution in [0.25, 0.3) is 0 Å². The number of aryl methyl sites for hydroxylation is 2. The number of aromatic nitrogens is 2. The number of hydrogen-bond acceptors (Lipinski definition) is 5. The van der Waals surface area contributed by atoms with Crippen molar-refractivity contribution in [3.8, 4) is 11.5 Å². The van der Waals surface area contributed by atoms with Gasteiger partial charge in [0.25, 0.3) is 5.56 Å². The molecule has 1 fully saturated rings. The summed E-state index contributed by atoms with van der Waals surface area (Å²) in [6.07, 6.45) is 2.33. The Labute approximate surface area is 173 Å². The van der Waals surface area contributed by atoms with Gasteiger partial charge in [-0.3, -0.25) is 9.59 Å². The Bertz CT molecular complexity index is 973. The number of carbonyl (C=O) groups is 1. The maximum Gasteiger partial charge on any atom is 0.387 e. The molecule has 1 heterocycles. The van der Waals surface area contributed by atoms with Crippen molar-refractivity contribution in [3.63, 3.8) is 0 Å². The highest BCUT2D eigenvalue weighted by atomic mass is 19.3. The fourth-order valence-corrected chi connectivity index (χ4v) is 3.43. The number of hydrogen-bond donors (Lipinski definition) is 1. The van der Waals surface area contributed by atoms with Crippen molar-refractivity contribution in [2.45, 2.75) is 58.7 Å². The van der Waals surface area contributed by atoms with Crippen LogP contribution < -0.4 is 15.0 Å². The number of carbonyl (C=O) groups excluding carboxylic acids is 1. The highest BCUT2D eigenvalue weighted by molar-refractivity contribution is 5.77. The highest BCUT2D eigenvalue weighted by Crippen LogP contribution is 2.33. The van der Waals surface area contributed by atoms with Crippen molar-refractivity contribution in [1.29, 1.82) is 0 Å². The molecule has 7 nitrogen and oxygen atoms in total. The largest absolute Gasteiger partial charge is 0.493 e. The van der Waals surface area contributed by atoms with Crippen LogP contribution in [0.2, 0.25) is 0 Å². The summed E-state index contributed by atoms with van der Waals surface area (Å²) in [5.74, 6) is 0.607. The number of H-pyrrole nitrogens is 1. The van der Waals surface area contributed by atoms with E-state index in [1.54, 1.807) is 30.9 Å². The maximum atomic E-state index is 12.9. The van der Waals surface area contributed by atoms with E-state index in [2.05, 4.69) is 14.7 Å². The Morgan fingerprint density at radius 3 is 2.63 bits per heavy atom. The van der Waals surface area contributed by atoms with Gasteiger partial charge in [0.2, 0.25) is 5.91 Å². The van der Waals surface area contributed by atoms with E-state index in [1.807, 2.05) is 0 Å². The molecule has 1 aliphatic carbocycles. The zero-order valence-electron chi connectivity index (χ0n) is 17.2. The minimum Gasteiger partial charge on any atom is -0.493 e. The van der Waals surface area contributed by atoms with E-state index in [1.165, 1.54) is 13.2 Å². The average Bonchev–Trinajstić information content (AvgIpc) is 3.50. The van der Waals surface area contributed by atoms with Crippen molar-refractivity contribution < 1.29 is 23.0 Å². The van der Waals surface area contributed by atoms with Crippen LogP contribution in [0.5, 0.6) is 11.5 Å². The highest BCUT2D eigenvalue weighted by Gasteiger charge is 2.32. The van der Waals surface area contributed by atoms with Crippen LogP contribution in [0.1, 0.15) is 41.9 Å². The Morgan fingerprint density at radius 2 is 2.03 bits per heavy atom. The smallest absolute Gasteiger partial charge is 0.387 e. The van der Waals surface area contributed by atoms with Gasteiger partial charge in [0, 0.05) is 30.3 Å². The monoisotopic (exact) mass is 421 g/mol. The van der Waals surface area contributed by atoms with E-state index in [-0.39, 0.29) is 35.4 Å². The SMILES string of the molecule is COc1cc(CN(C(=O)CCc2c(C)nc(C)[nH]c2=O)C2CC2)ccc1OC(F)F. The summed E-state index contributed by atoms with van der Waals surface area (Å²) in [6.45, 7) is 0.855. The lowest BCUT2D eigenvalue weighted by atomic mass is 10.1. The number of nitrogens with one attached hydrogen (secondary N) is 1. The summed E-state index contributed by atoms with van der Waals surface area (Å²) in [5.41, 5.74) is 1.67. The fourth-order valence-electron chi connectivity index (χ4n) is 3.43. The molecular formula is C21H25F2N3O4. The summed E-state index contributed by atoms with van der Waals surface area (Å²) in [6, 6.07) is 4.80. The molecule has 2 aromatic rings. The number of ether oxygens (including phenoxy) is 2. The lowest BCUT2D eigenvalue weighted by Crippen LogP contribution is -2.33. The number of methoxy groups -OCH3 is 1. The van der Waals surface area contributed by atoms with Crippen LogP contribution in [0.4, 0.5) is 8.78 Å². The third-order valence-electron chi connectivity index (χ3n) is 5.03. The zero-order chi connectivity index (χ0) is 21.8. The van der Waals surface area contributed by atoms with Gasteiger partial charge in [-0.05, 0) is 50.8 Å². The predicted molar refractivity (Wildman–Crippen MR) is 106 cm³/mol. The molecule has 1 aromatic carbocycles. The molecule has 1 aliphatic rings. The van der Waals surface area contributed by atoms with E-state index < -0.39 is 6.61 Å². The Balaban J connectivity index is 1.71. The van der Waals surface area contributed by atoms with Crippen LogP contribution in [-0.2, 0) is 17.8 Å². The van der Waals surface area contributed by atoms with Crippen LogP contribution in [0.15, 0.2) is 23.0 Å². The third-order valence-corrected chi connectivity index (χ3v) is 5.03. The molecule has 30 heavy (non-hydrogen) atoms. The van der Waals surface area contributed by atoms with E-state index >= 15 is 0 Å². The second-order valence-electron chi connectivity index (χ2n) is 7.33. The summed E-state index contributed by atoms with van der Waals surface area (Å²) >= 11 is 0. The van der Waals surface area contributed by atoms with Crippen LogP contribution in [0.3, 0.4) is 0 Å². The first-order chi connectivity index (χ1) is 14.3. The van der Waals surface area contributed by atoms with Gasteiger partial charge in [0.15, 0.2) is 11.5 Å². The van der Waals surface area contributed by atoms with Crippen molar-refractivity contribution in [2.24, 2.45) is 0 Å². The molecule has 0 atom stereocenters. The van der Waals surface area contributed by atoms with Gasteiger partial charge in [-0.1, -0.05) is 6.07 Å². The zero-order valence-corrected chi connectivity index (χ0v) is 17.2. The Hall–Kier alpha value is -2.97. The van der Waals surface area contributed by atoms with Crippen molar-refractivity contribution >= 4 is 5.91 Å². The minimum atomic E-state index is -2.95. The standard InChI is InChI=1S/C21H25F2N3O4/c1-12-16(20(28)25-13(2)24-12)7-9-19(27)26(15-5-6-15)11-14-4-8-17(30-21(22)23)18(10-14)29-3/h4,8,10,15,21H,5-7,9,11H2,1-3H3,(H,24,25,28). The molecule has 0 unspecified atom stereocenters. The molecule has 0 spiro atoms. The number of benzene rings is 1. The topological polar surface area (TPSA) is 84.5 Å². The third kappa shape index (κ3) is 5.34. The number of rotatable bonds is 9. The molecule has 0 radical (unpaired) electrons. The van der Waals surface area contributed by atoms with Crippen molar-refractivity contribution in [3.05, 3.63) is 51.2 Å². The molecule has 0 saturated heterocycles. The normalized spacial score (nSPS) is 13.4. The predicted octanol–water partition coefficient (Wildman–Crippen LogP) is 3.12. The lowest BCUT2D eigenvalue weighted by molar-refractivity contribution is -0.132. The molecule has 9 heteroatoms. The van der Waals surface area contributed by atoms with Gasteiger partial charge in [-0.2, -0.15) is 8.78 Å². The van der Waals surface area contributed by atoms with Crippen LogP contribution in [0, 0.1) is 13.8 Å². The number of amides is 1. The second-order valence-corrected chi connectivity index (χ2v) is 7.33. The molecular weight excluding hydrogens is 396 g/mol. The Kier molecular flexibility index (Phi) is 6.69. The molecule has 1 aromatic heterocycles. The number of alkyl halides is 2.